The average molecular weight is 341 g/mol. The fourth-order valence-corrected chi connectivity index (χ4v) is 2.43. The molecule has 1 amide bonds. The van der Waals surface area contributed by atoms with Gasteiger partial charge in [0.2, 0.25) is 5.91 Å². The molecular weight excluding hydrogens is 314 g/mol. The molecule has 0 aliphatic heterocycles. The van der Waals surface area contributed by atoms with Crippen LogP contribution < -0.4 is 15.4 Å². The number of methoxy groups -OCH3 is 1. The van der Waals surface area contributed by atoms with Gasteiger partial charge in [0.15, 0.2) is 0 Å². The molecule has 134 valence electrons. The molecule has 0 heterocycles. The van der Waals surface area contributed by atoms with Crippen molar-refractivity contribution in [2.24, 2.45) is 0 Å². The number of amides is 1. The highest BCUT2D eigenvalue weighted by molar-refractivity contribution is 5.92. The maximum atomic E-state index is 12.1. The number of benzene rings is 2. The number of ether oxygens (including phenoxy) is 1. The van der Waals surface area contributed by atoms with Crippen LogP contribution in [0.25, 0.3) is 0 Å². The van der Waals surface area contributed by atoms with Gasteiger partial charge in [0, 0.05) is 17.9 Å². The van der Waals surface area contributed by atoms with E-state index in [0.29, 0.717) is 6.42 Å². The van der Waals surface area contributed by atoms with Gasteiger partial charge in [0.25, 0.3) is 0 Å². The van der Waals surface area contributed by atoms with E-state index in [2.05, 4.69) is 29.6 Å². The van der Waals surface area contributed by atoms with Gasteiger partial charge in [-0.1, -0.05) is 12.1 Å². The van der Waals surface area contributed by atoms with Gasteiger partial charge in [-0.15, -0.1) is 0 Å². The topological polar surface area (TPSA) is 53.6 Å². The van der Waals surface area contributed by atoms with E-state index in [0.717, 1.165) is 42.2 Å². The van der Waals surface area contributed by atoms with Crippen molar-refractivity contribution in [1.82, 2.24) is 4.90 Å². The highest BCUT2D eigenvalue weighted by Crippen LogP contribution is 2.15. The number of anilines is 2. The van der Waals surface area contributed by atoms with E-state index in [1.54, 1.807) is 7.11 Å². The van der Waals surface area contributed by atoms with Gasteiger partial charge in [0.05, 0.1) is 13.5 Å². The van der Waals surface area contributed by atoms with E-state index in [1.165, 1.54) is 0 Å². The first-order valence-electron chi connectivity index (χ1n) is 8.48. The van der Waals surface area contributed by atoms with Crippen molar-refractivity contribution in [3.63, 3.8) is 0 Å². The molecule has 0 fully saturated rings. The third-order valence-corrected chi connectivity index (χ3v) is 3.80. The lowest BCUT2D eigenvalue weighted by Crippen LogP contribution is -2.16. The lowest BCUT2D eigenvalue weighted by atomic mass is 10.1. The lowest BCUT2D eigenvalue weighted by molar-refractivity contribution is -0.115. The van der Waals surface area contributed by atoms with E-state index in [4.69, 9.17) is 4.74 Å². The number of rotatable bonds is 9. The highest BCUT2D eigenvalue weighted by atomic mass is 16.5. The Labute approximate surface area is 150 Å². The van der Waals surface area contributed by atoms with Crippen molar-refractivity contribution in [1.29, 1.82) is 0 Å². The van der Waals surface area contributed by atoms with Gasteiger partial charge in [-0.2, -0.15) is 0 Å². The second kappa shape index (κ2) is 9.69. The van der Waals surface area contributed by atoms with Crippen molar-refractivity contribution < 1.29 is 9.53 Å². The van der Waals surface area contributed by atoms with E-state index >= 15 is 0 Å². The first kappa shape index (κ1) is 18.8. The molecule has 2 aromatic carbocycles. The Hall–Kier alpha value is -2.53. The summed E-state index contributed by atoms with van der Waals surface area (Å²) in [5.74, 6) is 0.759. The van der Waals surface area contributed by atoms with Crippen LogP contribution in [-0.4, -0.2) is 45.1 Å². The largest absolute Gasteiger partial charge is 0.497 e. The predicted octanol–water partition coefficient (Wildman–Crippen LogP) is 3.24. The van der Waals surface area contributed by atoms with Crippen molar-refractivity contribution in [3.8, 4) is 5.75 Å². The summed E-state index contributed by atoms with van der Waals surface area (Å²) in [5, 5.41) is 6.30. The Bertz CT molecular complexity index is 652. The summed E-state index contributed by atoms with van der Waals surface area (Å²) in [6.07, 6.45) is 1.43. The average Bonchev–Trinajstić information content (AvgIpc) is 2.60. The quantitative estimate of drug-likeness (QED) is 0.688. The Morgan fingerprint density at radius 3 is 2.24 bits per heavy atom. The fourth-order valence-electron chi connectivity index (χ4n) is 2.43. The molecule has 0 aliphatic rings. The predicted molar refractivity (Wildman–Crippen MR) is 103 cm³/mol. The summed E-state index contributed by atoms with van der Waals surface area (Å²) in [7, 11) is 5.77. The molecule has 0 radical (unpaired) electrons. The minimum atomic E-state index is -0.0307. The molecule has 0 saturated carbocycles. The monoisotopic (exact) mass is 341 g/mol. The van der Waals surface area contributed by atoms with Crippen LogP contribution in [0, 0.1) is 0 Å². The molecule has 25 heavy (non-hydrogen) atoms. The summed E-state index contributed by atoms with van der Waals surface area (Å²) < 4.78 is 5.12. The maximum Gasteiger partial charge on any atom is 0.228 e. The molecule has 2 aromatic rings. The Morgan fingerprint density at radius 2 is 1.64 bits per heavy atom. The van der Waals surface area contributed by atoms with E-state index in [9.17, 15) is 4.79 Å². The highest BCUT2D eigenvalue weighted by Gasteiger charge is 2.05. The molecule has 5 heteroatoms. The SMILES string of the molecule is COc1ccc(CC(=O)Nc2ccc(NCCCN(C)C)cc2)cc1. The van der Waals surface area contributed by atoms with Crippen molar-refractivity contribution in [2.75, 3.05) is 44.9 Å². The first-order chi connectivity index (χ1) is 12.1. The van der Waals surface area contributed by atoms with E-state index in [-0.39, 0.29) is 5.91 Å². The molecule has 0 spiro atoms. The van der Waals surface area contributed by atoms with Crippen LogP contribution in [0.5, 0.6) is 5.75 Å². The second-order valence-electron chi connectivity index (χ2n) is 6.23. The normalized spacial score (nSPS) is 10.6. The van der Waals surface area contributed by atoms with Crippen LogP contribution in [0.15, 0.2) is 48.5 Å². The zero-order valence-electron chi connectivity index (χ0n) is 15.2. The smallest absolute Gasteiger partial charge is 0.228 e. The number of carbonyl (C=O) groups excluding carboxylic acids is 1. The Balaban J connectivity index is 1.78. The second-order valence-corrected chi connectivity index (χ2v) is 6.23. The summed E-state index contributed by atoms with van der Waals surface area (Å²) in [6.45, 7) is 1.99. The summed E-state index contributed by atoms with van der Waals surface area (Å²) in [6, 6.07) is 15.3. The molecule has 0 unspecified atom stereocenters. The van der Waals surface area contributed by atoms with Gasteiger partial charge < -0.3 is 20.3 Å². The fraction of sp³-hybridized carbons (Fsp3) is 0.350. The van der Waals surface area contributed by atoms with Gasteiger partial charge in [0.1, 0.15) is 5.75 Å². The summed E-state index contributed by atoms with van der Waals surface area (Å²) in [4.78, 5) is 14.3. The van der Waals surface area contributed by atoms with Crippen molar-refractivity contribution in [3.05, 3.63) is 54.1 Å². The van der Waals surface area contributed by atoms with Crippen molar-refractivity contribution >= 4 is 17.3 Å². The van der Waals surface area contributed by atoms with E-state index < -0.39 is 0 Å². The summed E-state index contributed by atoms with van der Waals surface area (Å²) >= 11 is 0. The zero-order valence-corrected chi connectivity index (χ0v) is 15.2. The van der Waals surface area contributed by atoms with E-state index in [1.807, 2.05) is 48.5 Å². The van der Waals surface area contributed by atoms with Crippen LogP contribution >= 0.6 is 0 Å². The number of nitrogens with zero attached hydrogens (tertiary/aromatic N) is 1. The molecule has 0 saturated heterocycles. The Kier molecular flexibility index (Phi) is 7.29. The minimum Gasteiger partial charge on any atom is -0.497 e. The van der Waals surface area contributed by atoms with Crippen LogP contribution in [0.1, 0.15) is 12.0 Å². The minimum absolute atomic E-state index is 0.0307. The third-order valence-electron chi connectivity index (χ3n) is 3.80. The molecule has 2 N–H and O–H groups in total. The molecular formula is C20H27N3O2. The standard InChI is InChI=1S/C20H27N3O2/c1-23(2)14-4-13-21-17-7-9-18(10-8-17)22-20(24)15-16-5-11-19(25-3)12-6-16/h5-12,21H,4,13-15H2,1-3H3,(H,22,24). The maximum absolute atomic E-state index is 12.1. The summed E-state index contributed by atoms with van der Waals surface area (Å²) in [5.41, 5.74) is 2.82. The number of carbonyl (C=O) groups is 1. The zero-order chi connectivity index (χ0) is 18.1. The van der Waals surface area contributed by atoms with Gasteiger partial charge >= 0.3 is 0 Å². The molecule has 0 bridgehead atoms. The van der Waals surface area contributed by atoms with Crippen LogP contribution in [0.2, 0.25) is 0 Å². The molecule has 2 rings (SSSR count). The number of hydrogen-bond acceptors (Lipinski definition) is 4. The lowest BCUT2D eigenvalue weighted by Gasteiger charge is -2.11. The van der Waals surface area contributed by atoms with Crippen LogP contribution in [-0.2, 0) is 11.2 Å². The van der Waals surface area contributed by atoms with Crippen molar-refractivity contribution in [2.45, 2.75) is 12.8 Å². The van der Waals surface area contributed by atoms with Crippen LogP contribution in [0.3, 0.4) is 0 Å². The number of nitrogens with one attached hydrogen (secondary N) is 2. The van der Waals surface area contributed by atoms with Crippen LogP contribution in [0.4, 0.5) is 11.4 Å². The van der Waals surface area contributed by atoms with Gasteiger partial charge in [-0.25, -0.2) is 0 Å². The molecule has 0 atom stereocenters. The molecule has 5 nitrogen and oxygen atoms in total. The first-order valence-corrected chi connectivity index (χ1v) is 8.48. The van der Waals surface area contributed by atoms with Gasteiger partial charge in [-0.05, 0) is 69.0 Å². The Morgan fingerprint density at radius 1 is 1.00 bits per heavy atom. The van der Waals surface area contributed by atoms with Gasteiger partial charge in [-0.3, -0.25) is 4.79 Å². The molecule has 0 aromatic heterocycles. The third kappa shape index (κ3) is 6.85. The molecule has 0 aliphatic carbocycles. The number of hydrogen-bond donors (Lipinski definition) is 2.